The van der Waals surface area contributed by atoms with Gasteiger partial charge in [-0.05, 0) is 62.4 Å². The quantitative estimate of drug-likeness (QED) is 0.406. The molecule has 1 aliphatic carbocycles. The standard InChI is InChI=1S/C30H33ClN2O4/c1-4-20-5-7-21(8-6-20)30(37-19-29(18-34)13-14-29)26-12-9-22(28(2,3)36)15-25(26)27(35)33(30)17-24-11-10-23(31)16-32-24/h5-12,15-16,34,36H,4,13-14,17-19H2,1-3H3/t30-/m1/s1. The van der Waals surface area contributed by atoms with Crippen LogP contribution in [0.4, 0.5) is 0 Å². The van der Waals surface area contributed by atoms with E-state index in [4.69, 9.17) is 16.3 Å². The van der Waals surface area contributed by atoms with Crippen molar-refractivity contribution >= 4 is 17.5 Å². The molecule has 0 radical (unpaired) electrons. The van der Waals surface area contributed by atoms with Crippen molar-refractivity contribution in [1.82, 2.24) is 9.88 Å². The number of aliphatic hydroxyl groups is 2. The van der Waals surface area contributed by atoms with Crippen molar-refractivity contribution in [2.45, 2.75) is 57.9 Å². The van der Waals surface area contributed by atoms with Crippen LogP contribution < -0.4 is 0 Å². The predicted octanol–water partition coefficient (Wildman–Crippen LogP) is 5.17. The van der Waals surface area contributed by atoms with Gasteiger partial charge in [0.2, 0.25) is 0 Å². The molecule has 1 aromatic heterocycles. The summed E-state index contributed by atoms with van der Waals surface area (Å²) in [4.78, 5) is 20.3. The maximum atomic E-state index is 14.1. The number of amides is 1. The Bertz CT molecular complexity index is 1300. The minimum atomic E-state index is -1.22. The molecular weight excluding hydrogens is 488 g/mol. The largest absolute Gasteiger partial charge is 0.396 e. The number of aromatic nitrogens is 1. The summed E-state index contributed by atoms with van der Waals surface area (Å²) in [6.45, 7) is 6.05. The maximum absolute atomic E-state index is 14.1. The molecule has 0 spiro atoms. The van der Waals surface area contributed by atoms with Gasteiger partial charge in [0.15, 0.2) is 5.72 Å². The number of hydrogen-bond donors (Lipinski definition) is 2. The second-order valence-electron chi connectivity index (χ2n) is 10.8. The van der Waals surface area contributed by atoms with Crippen LogP contribution in [0.15, 0.2) is 60.8 Å². The fourth-order valence-corrected chi connectivity index (χ4v) is 5.09. The number of nitrogens with zero attached hydrogens (tertiary/aromatic N) is 2. The van der Waals surface area contributed by atoms with Crippen molar-refractivity contribution < 1.29 is 19.7 Å². The van der Waals surface area contributed by atoms with E-state index in [-0.39, 0.29) is 24.5 Å². The van der Waals surface area contributed by atoms with Crippen LogP contribution in [-0.4, -0.2) is 39.2 Å². The van der Waals surface area contributed by atoms with E-state index in [1.165, 1.54) is 5.56 Å². The van der Waals surface area contributed by atoms with Gasteiger partial charge in [0, 0.05) is 28.3 Å². The first-order valence-electron chi connectivity index (χ1n) is 12.8. The van der Waals surface area contributed by atoms with E-state index in [1.54, 1.807) is 37.1 Å². The molecule has 2 aromatic carbocycles. The SMILES string of the molecule is CCc1ccc([C@@]2(OCC3(CO)CC3)c3ccc(C(C)(C)O)cc3C(=O)N2Cc2ccc(Cl)cn2)cc1. The molecule has 1 amide bonds. The van der Waals surface area contributed by atoms with Crippen molar-refractivity contribution in [2.75, 3.05) is 13.2 Å². The molecule has 194 valence electrons. The molecule has 0 unspecified atom stereocenters. The molecule has 1 saturated carbocycles. The number of rotatable bonds is 9. The van der Waals surface area contributed by atoms with Gasteiger partial charge in [0.1, 0.15) is 0 Å². The smallest absolute Gasteiger partial charge is 0.257 e. The number of aryl methyl sites for hydroxylation is 1. The normalized spacial score (nSPS) is 20.3. The lowest BCUT2D eigenvalue weighted by Crippen LogP contribution is -2.47. The Hall–Kier alpha value is -2.77. The Morgan fingerprint density at radius 2 is 1.84 bits per heavy atom. The molecular formula is C30H33ClN2O4. The molecule has 0 bridgehead atoms. The van der Waals surface area contributed by atoms with Crippen molar-refractivity contribution in [3.8, 4) is 0 Å². The van der Waals surface area contributed by atoms with Crippen LogP contribution in [0.5, 0.6) is 0 Å². The monoisotopic (exact) mass is 520 g/mol. The third kappa shape index (κ3) is 4.68. The van der Waals surface area contributed by atoms with Gasteiger partial charge in [-0.3, -0.25) is 14.7 Å². The van der Waals surface area contributed by atoms with Crippen molar-refractivity contribution in [3.05, 3.63) is 99.3 Å². The first-order valence-corrected chi connectivity index (χ1v) is 13.1. The summed E-state index contributed by atoms with van der Waals surface area (Å²) in [6.07, 6.45) is 4.22. The highest BCUT2D eigenvalue weighted by molar-refractivity contribution is 6.30. The van der Waals surface area contributed by atoms with Crippen LogP contribution in [0.2, 0.25) is 5.02 Å². The molecule has 3 aromatic rings. The Labute approximate surface area is 222 Å². The number of halogens is 1. The minimum absolute atomic E-state index is 0.0367. The number of fused-ring (bicyclic) bond motifs is 1. The van der Waals surface area contributed by atoms with Gasteiger partial charge >= 0.3 is 0 Å². The molecule has 1 atom stereocenters. The molecule has 1 fully saturated rings. The zero-order valence-electron chi connectivity index (χ0n) is 21.5. The summed E-state index contributed by atoms with van der Waals surface area (Å²) >= 11 is 6.08. The summed E-state index contributed by atoms with van der Waals surface area (Å²) < 4.78 is 6.83. The van der Waals surface area contributed by atoms with Gasteiger partial charge in [-0.25, -0.2) is 0 Å². The summed E-state index contributed by atoms with van der Waals surface area (Å²) in [7, 11) is 0. The van der Waals surface area contributed by atoms with Gasteiger partial charge in [0.25, 0.3) is 5.91 Å². The summed E-state index contributed by atoms with van der Waals surface area (Å²) in [5.74, 6) is -0.203. The summed E-state index contributed by atoms with van der Waals surface area (Å²) in [5.41, 5.74) is 1.92. The summed E-state index contributed by atoms with van der Waals surface area (Å²) in [5, 5.41) is 21.2. The van der Waals surface area contributed by atoms with Crippen molar-refractivity contribution in [2.24, 2.45) is 5.41 Å². The Morgan fingerprint density at radius 1 is 1.11 bits per heavy atom. The molecule has 2 aliphatic rings. The Balaban J connectivity index is 1.70. The van der Waals surface area contributed by atoms with Crippen LogP contribution in [0.1, 0.15) is 71.9 Å². The molecule has 7 heteroatoms. The van der Waals surface area contributed by atoms with E-state index in [0.717, 1.165) is 30.4 Å². The number of aliphatic hydroxyl groups excluding tert-OH is 1. The molecule has 2 heterocycles. The van der Waals surface area contributed by atoms with E-state index >= 15 is 0 Å². The summed E-state index contributed by atoms with van der Waals surface area (Å²) in [6, 6.07) is 17.2. The van der Waals surface area contributed by atoms with E-state index in [0.29, 0.717) is 28.5 Å². The number of carbonyl (C=O) groups excluding carboxylic acids is 1. The third-order valence-corrected chi connectivity index (χ3v) is 7.91. The second-order valence-corrected chi connectivity index (χ2v) is 11.3. The van der Waals surface area contributed by atoms with E-state index in [2.05, 4.69) is 24.0 Å². The number of ether oxygens (including phenoxy) is 1. The van der Waals surface area contributed by atoms with E-state index < -0.39 is 11.3 Å². The lowest BCUT2D eigenvalue weighted by molar-refractivity contribution is -0.129. The average Bonchev–Trinajstić information content (AvgIpc) is 3.64. The average molecular weight is 521 g/mol. The minimum Gasteiger partial charge on any atom is -0.396 e. The first kappa shape index (κ1) is 25.9. The lowest BCUT2D eigenvalue weighted by atomic mass is 9.89. The number of hydrogen-bond acceptors (Lipinski definition) is 5. The predicted molar refractivity (Wildman–Crippen MR) is 142 cm³/mol. The first-order chi connectivity index (χ1) is 17.6. The highest BCUT2D eigenvalue weighted by Gasteiger charge is 2.55. The topological polar surface area (TPSA) is 82.9 Å². The molecule has 1 aliphatic heterocycles. The molecule has 0 saturated heterocycles. The van der Waals surface area contributed by atoms with Gasteiger partial charge < -0.3 is 14.9 Å². The third-order valence-electron chi connectivity index (χ3n) is 7.69. The molecule has 6 nitrogen and oxygen atoms in total. The number of benzene rings is 2. The van der Waals surface area contributed by atoms with Crippen LogP contribution in [0.25, 0.3) is 0 Å². The van der Waals surface area contributed by atoms with E-state index in [1.807, 2.05) is 30.3 Å². The van der Waals surface area contributed by atoms with Crippen LogP contribution in [0.3, 0.4) is 0 Å². The van der Waals surface area contributed by atoms with Crippen molar-refractivity contribution in [1.29, 1.82) is 0 Å². The zero-order chi connectivity index (χ0) is 26.4. The van der Waals surface area contributed by atoms with Crippen LogP contribution in [-0.2, 0) is 29.0 Å². The van der Waals surface area contributed by atoms with E-state index in [9.17, 15) is 15.0 Å². The van der Waals surface area contributed by atoms with Gasteiger partial charge in [-0.15, -0.1) is 0 Å². The lowest BCUT2D eigenvalue weighted by Gasteiger charge is -2.40. The van der Waals surface area contributed by atoms with Gasteiger partial charge in [0.05, 0.1) is 36.1 Å². The fourth-order valence-electron chi connectivity index (χ4n) is 4.98. The Kier molecular flexibility index (Phi) is 6.65. The van der Waals surface area contributed by atoms with Crippen molar-refractivity contribution in [3.63, 3.8) is 0 Å². The van der Waals surface area contributed by atoms with Gasteiger partial charge in [-0.1, -0.05) is 54.9 Å². The maximum Gasteiger partial charge on any atom is 0.257 e. The second kappa shape index (κ2) is 9.52. The molecule has 2 N–H and O–H groups in total. The molecule has 5 rings (SSSR count). The zero-order valence-corrected chi connectivity index (χ0v) is 22.3. The fraction of sp³-hybridized carbons (Fsp3) is 0.400. The number of pyridine rings is 1. The number of carbonyl (C=O) groups is 1. The van der Waals surface area contributed by atoms with Crippen LogP contribution in [0, 0.1) is 5.41 Å². The van der Waals surface area contributed by atoms with Crippen LogP contribution >= 0.6 is 11.6 Å². The molecule has 37 heavy (non-hydrogen) atoms. The highest BCUT2D eigenvalue weighted by Crippen LogP contribution is 2.51. The Morgan fingerprint density at radius 3 is 2.41 bits per heavy atom. The highest BCUT2D eigenvalue weighted by atomic mass is 35.5. The van der Waals surface area contributed by atoms with Gasteiger partial charge in [-0.2, -0.15) is 0 Å².